The van der Waals surface area contributed by atoms with Gasteiger partial charge in [-0.1, -0.05) is 43.3 Å². The molecule has 32 heavy (non-hydrogen) atoms. The number of carbonyl (C=O) groups excluding carboxylic acids is 2. The topological polar surface area (TPSA) is 65.1 Å². The van der Waals surface area contributed by atoms with Gasteiger partial charge in [0.1, 0.15) is 11.9 Å². The van der Waals surface area contributed by atoms with Crippen LogP contribution in [0.1, 0.15) is 31.4 Å². The molecule has 7 heteroatoms. The molecule has 1 saturated carbocycles. The number of esters is 1. The van der Waals surface area contributed by atoms with Gasteiger partial charge in [0.05, 0.1) is 5.92 Å². The number of carbonyl (C=O) groups is 2. The molecule has 1 aliphatic rings. The van der Waals surface area contributed by atoms with Gasteiger partial charge in [0.25, 0.3) is 0 Å². The van der Waals surface area contributed by atoms with Crippen molar-refractivity contribution in [1.82, 2.24) is 4.90 Å². The molecule has 168 valence electrons. The summed E-state index contributed by atoms with van der Waals surface area (Å²) in [4.78, 5) is 25.5. The highest BCUT2D eigenvalue weighted by atomic mass is 32.1. The van der Waals surface area contributed by atoms with Crippen molar-refractivity contribution in [3.05, 3.63) is 64.9 Å². The number of fused-ring (bicyclic) bond motifs is 1. The predicted octanol–water partition coefficient (Wildman–Crippen LogP) is 5.64. The Bertz CT molecular complexity index is 1060. The van der Waals surface area contributed by atoms with Crippen LogP contribution in [0.3, 0.4) is 0 Å². The van der Waals surface area contributed by atoms with Crippen LogP contribution < -0.4 is 4.74 Å². The van der Waals surface area contributed by atoms with Gasteiger partial charge in [-0.15, -0.1) is 0 Å². The number of thiophene rings is 1. The Kier molecular flexibility index (Phi) is 6.95. The summed E-state index contributed by atoms with van der Waals surface area (Å²) in [6.07, 6.45) is 0.686. The van der Waals surface area contributed by atoms with Crippen LogP contribution in [0, 0.1) is 11.8 Å². The number of hydrogen-bond acceptors (Lipinski definition) is 6. The van der Waals surface area contributed by atoms with Crippen molar-refractivity contribution in [2.24, 2.45) is 11.8 Å². The molecule has 0 spiro atoms. The van der Waals surface area contributed by atoms with E-state index in [-0.39, 0.29) is 24.8 Å². The summed E-state index contributed by atoms with van der Waals surface area (Å²) in [7, 11) is 1.66. The number of rotatable bonds is 9. The van der Waals surface area contributed by atoms with Gasteiger partial charge in [-0.2, -0.15) is 11.3 Å². The quantitative estimate of drug-likeness (QED) is 0.310. The zero-order valence-corrected chi connectivity index (χ0v) is 19.0. The second-order valence-corrected chi connectivity index (χ2v) is 8.94. The van der Waals surface area contributed by atoms with E-state index in [1.807, 2.05) is 48.7 Å². The van der Waals surface area contributed by atoms with Gasteiger partial charge in [-0.3, -0.25) is 4.79 Å². The third-order valence-corrected chi connectivity index (χ3v) is 6.47. The van der Waals surface area contributed by atoms with E-state index in [4.69, 9.17) is 14.2 Å². The van der Waals surface area contributed by atoms with E-state index in [9.17, 15) is 9.59 Å². The van der Waals surface area contributed by atoms with Gasteiger partial charge in [0.2, 0.25) is 6.79 Å². The molecule has 0 N–H and O–H groups in total. The van der Waals surface area contributed by atoms with Crippen molar-refractivity contribution < 1.29 is 23.8 Å². The van der Waals surface area contributed by atoms with Gasteiger partial charge >= 0.3 is 12.1 Å². The normalized spacial score (nSPS) is 18.1. The van der Waals surface area contributed by atoms with E-state index in [1.165, 1.54) is 4.90 Å². The molecule has 0 saturated heterocycles. The molecular weight excluding hydrogens is 426 g/mol. The zero-order chi connectivity index (χ0) is 22.5. The molecule has 1 amide bonds. The molecular formula is C25H27NO5S. The van der Waals surface area contributed by atoms with Crippen molar-refractivity contribution in [2.75, 3.05) is 20.4 Å². The second-order valence-electron chi connectivity index (χ2n) is 8.16. The van der Waals surface area contributed by atoms with Crippen LogP contribution in [0.5, 0.6) is 5.75 Å². The lowest BCUT2D eigenvalue weighted by molar-refractivity contribution is -0.154. The summed E-state index contributed by atoms with van der Waals surface area (Å²) in [6.45, 7) is 2.07. The lowest BCUT2D eigenvalue weighted by Crippen LogP contribution is -2.31. The summed E-state index contributed by atoms with van der Waals surface area (Å²) >= 11 is 1.61. The molecule has 1 fully saturated rings. The van der Waals surface area contributed by atoms with E-state index in [0.29, 0.717) is 18.9 Å². The zero-order valence-electron chi connectivity index (χ0n) is 18.2. The van der Waals surface area contributed by atoms with Crippen LogP contribution in [-0.2, 0) is 14.3 Å². The van der Waals surface area contributed by atoms with E-state index in [0.717, 1.165) is 28.5 Å². The Morgan fingerprint density at radius 3 is 2.66 bits per heavy atom. The summed E-state index contributed by atoms with van der Waals surface area (Å²) < 4.78 is 16.5. The fraction of sp³-hybridized carbons (Fsp3) is 0.360. The minimum absolute atomic E-state index is 0.0518. The summed E-state index contributed by atoms with van der Waals surface area (Å²) in [6, 6.07) is 16.1. The minimum atomic E-state index is -0.532. The first kappa shape index (κ1) is 22.1. The first-order valence-electron chi connectivity index (χ1n) is 10.7. The summed E-state index contributed by atoms with van der Waals surface area (Å²) in [5.74, 6) is 0.820. The summed E-state index contributed by atoms with van der Waals surface area (Å²) in [5, 5.41) is 6.24. The van der Waals surface area contributed by atoms with Crippen molar-refractivity contribution in [3.8, 4) is 5.75 Å². The standard InChI is InChI=1S/C25H27NO5S/c1-17-14-21(17)24(27)29-16-30-25(28)26(2)12-10-22(19-11-13-32-15-19)31-23-9-5-7-18-6-3-4-8-20(18)23/h3-9,11,13,15,17,21-22H,10,12,14,16H2,1-2H3. The molecule has 1 aromatic heterocycles. The van der Waals surface area contributed by atoms with Crippen LogP contribution in [0.15, 0.2) is 59.3 Å². The second kappa shape index (κ2) is 10.0. The average molecular weight is 454 g/mol. The highest BCUT2D eigenvalue weighted by Gasteiger charge is 2.40. The van der Waals surface area contributed by atoms with Crippen molar-refractivity contribution >= 4 is 34.2 Å². The molecule has 0 radical (unpaired) electrons. The van der Waals surface area contributed by atoms with E-state index < -0.39 is 6.09 Å². The Morgan fingerprint density at radius 2 is 1.91 bits per heavy atom. The predicted molar refractivity (Wildman–Crippen MR) is 124 cm³/mol. The van der Waals surface area contributed by atoms with E-state index >= 15 is 0 Å². The minimum Gasteiger partial charge on any atom is -0.485 e. The first-order valence-corrected chi connectivity index (χ1v) is 11.7. The largest absolute Gasteiger partial charge is 0.485 e. The highest BCUT2D eigenvalue weighted by Crippen LogP contribution is 2.38. The molecule has 1 aliphatic carbocycles. The average Bonchev–Trinajstić information content (AvgIpc) is 3.29. The molecule has 1 heterocycles. The molecule has 6 nitrogen and oxygen atoms in total. The molecule has 3 atom stereocenters. The molecule has 0 bridgehead atoms. The summed E-state index contributed by atoms with van der Waals surface area (Å²) in [5.41, 5.74) is 1.07. The van der Waals surface area contributed by atoms with Gasteiger partial charge in [0, 0.05) is 31.0 Å². The maximum atomic E-state index is 12.3. The smallest absolute Gasteiger partial charge is 0.412 e. The van der Waals surface area contributed by atoms with Crippen LogP contribution in [0.2, 0.25) is 0 Å². The number of hydrogen-bond donors (Lipinski definition) is 0. The van der Waals surface area contributed by atoms with Gasteiger partial charge in [0.15, 0.2) is 0 Å². The van der Waals surface area contributed by atoms with Gasteiger partial charge in [-0.05, 0) is 40.6 Å². The van der Waals surface area contributed by atoms with E-state index in [2.05, 4.69) is 17.5 Å². The molecule has 3 unspecified atom stereocenters. The molecule has 3 aromatic rings. The molecule has 0 aliphatic heterocycles. The Morgan fingerprint density at radius 1 is 1.12 bits per heavy atom. The van der Waals surface area contributed by atoms with Gasteiger partial charge < -0.3 is 19.1 Å². The van der Waals surface area contributed by atoms with Crippen LogP contribution in [0.4, 0.5) is 4.79 Å². The fourth-order valence-corrected chi connectivity index (χ4v) is 4.31. The number of ether oxygens (including phenoxy) is 3. The van der Waals surface area contributed by atoms with E-state index in [1.54, 1.807) is 18.4 Å². The monoisotopic (exact) mass is 453 g/mol. The SMILES string of the molecule is CC1CC1C(=O)OCOC(=O)N(C)CCC(Oc1cccc2ccccc12)c1ccsc1. The lowest BCUT2D eigenvalue weighted by Gasteiger charge is -2.23. The lowest BCUT2D eigenvalue weighted by atomic mass is 10.1. The Balaban J connectivity index is 1.34. The Labute approximate surface area is 191 Å². The highest BCUT2D eigenvalue weighted by molar-refractivity contribution is 7.07. The van der Waals surface area contributed by atoms with Crippen molar-refractivity contribution in [2.45, 2.75) is 25.9 Å². The molecule has 4 rings (SSSR count). The number of benzene rings is 2. The number of amides is 1. The van der Waals surface area contributed by atoms with Crippen LogP contribution in [0.25, 0.3) is 10.8 Å². The first-order chi connectivity index (χ1) is 15.5. The van der Waals surface area contributed by atoms with Crippen LogP contribution >= 0.6 is 11.3 Å². The van der Waals surface area contributed by atoms with Crippen molar-refractivity contribution in [1.29, 1.82) is 0 Å². The van der Waals surface area contributed by atoms with Gasteiger partial charge in [-0.25, -0.2) is 4.79 Å². The Hall–Kier alpha value is -3.06. The maximum absolute atomic E-state index is 12.3. The third-order valence-electron chi connectivity index (χ3n) is 5.77. The number of nitrogens with zero attached hydrogens (tertiary/aromatic N) is 1. The third kappa shape index (κ3) is 5.40. The van der Waals surface area contributed by atoms with Crippen molar-refractivity contribution in [3.63, 3.8) is 0 Å². The molecule has 2 aromatic carbocycles. The fourth-order valence-electron chi connectivity index (χ4n) is 3.61. The van der Waals surface area contributed by atoms with Crippen LogP contribution in [-0.4, -0.2) is 37.3 Å². The maximum Gasteiger partial charge on any atom is 0.412 e.